The SMILES string of the molecule is COC1=C[C@H](c2ccc(OC)cc2)O[C@@H]1C(C)C. The first-order chi connectivity index (χ1) is 8.65. The summed E-state index contributed by atoms with van der Waals surface area (Å²) in [5.74, 6) is 2.18. The molecule has 2 rings (SSSR count). The zero-order chi connectivity index (χ0) is 13.1. The van der Waals surface area contributed by atoms with Crippen LogP contribution in [0.2, 0.25) is 0 Å². The molecule has 0 aliphatic carbocycles. The van der Waals surface area contributed by atoms with Crippen LogP contribution in [0, 0.1) is 5.92 Å². The molecule has 0 radical (unpaired) electrons. The molecule has 0 aromatic heterocycles. The Hall–Kier alpha value is -1.48. The van der Waals surface area contributed by atoms with Gasteiger partial charge in [0.25, 0.3) is 0 Å². The highest BCUT2D eigenvalue weighted by Crippen LogP contribution is 2.35. The quantitative estimate of drug-likeness (QED) is 0.818. The van der Waals surface area contributed by atoms with Gasteiger partial charge in [0.2, 0.25) is 0 Å². The van der Waals surface area contributed by atoms with Gasteiger partial charge in [-0.2, -0.15) is 0 Å². The molecule has 0 spiro atoms. The molecule has 98 valence electrons. The van der Waals surface area contributed by atoms with Crippen molar-refractivity contribution in [1.29, 1.82) is 0 Å². The van der Waals surface area contributed by atoms with Gasteiger partial charge in [0.05, 0.1) is 14.2 Å². The van der Waals surface area contributed by atoms with E-state index in [0.717, 1.165) is 17.1 Å². The minimum Gasteiger partial charge on any atom is -0.499 e. The van der Waals surface area contributed by atoms with Gasteiger partial charge in [-0.05, 0) is 29.7 Å². The average molecular weight is 248 g/mol. The van der Waals surface area contributed by atoms with E-state index in [1.165, 1.54) is 0 Å². The predicted molar refractivity (Wildman–Crippen MR) is 70.5 cm³/mol. The fourth-order valence-electron chi connectivity index (χ4n) is 2.15. The topological polar surface area (TPSA) is 27.7 Å². The monoisotopic (exact) mass is 248 g/mol. The lowest BCUT2D eigenvalue weighted by atomic mass is 10.1. The molecule has 3 heteroatoms. The molecule has 2 atom stereocenters. The normalized spacial score (nSPS) is 23.1. The Morgan fingerprint density at radius 3 is 2.17 bits per heavy atom. The Morgan fingerprint density at radius 2 is 1.72 bits per heavy atom. The highest BCUT2D eigenvalue weighted by atomic mass is 16.5. The summed E-state index contributed by atoms with van der Waals surface area (Å²) in [5.41, 5.74) is 1.12. The predicted octanol–water partition coefficient (Wildman–Crippen LogP) is 3.32. The highest BCUT2D eigenvalue weighted by molar-refractivity contribution is 5.32. The van der Waals surface area contributed by atoms with E-state index in [2.05, 4.69) is 13.8 Å². The second-order valence-corrected chi connectivity index (χ2v) is 4.77. The fraction of sp³-hybridized carbons (Fsp3) is 0.467. The van der Waals surface area contributed by atoms with Gasteiger partial charge in [-0.1, -0.05) is 26.0 Å². The van der Waals surface area contributed by atoms with Crippen LogP contribution in [0.3, 0.4) is 0 Å². The summed E-state index contributed by atoms with van der Waals surface area (Å²) >= 11 is 0. The van der Waals surface area contributed by atoms with E-state index >= 15 is 0 Å². The molecule has 0 fully saturated rings. The van der Waals surface area contributed by atoms with Crippen molar-refractivity contribution in [3.8, 4) is 5.75 Å². The summed E-state index contributed by atoms with van der Waals surface area (Å²) in [7, 11) is 3.36. The molecule has 18 heavy (non-hydrogen) atoms. The van der Waals surface area contributed by atoms with Gasteiger partial charge in [-0.3, -0.25) is 0 Å². The van der Waals surface area contributed by atoms with Crippen LogP contribution in [0.4, 0.5) is 0 Å². The second-order valence-electron chi connectivity index (χ2n) is 4.77. The van der Waals surface area contributed by atoms with Crippen molar-refractivity contribution in [1.82, 2.24) is 0 Å². The number of rotatable bonds is 4. The van der Waals surface area contributed by atoms with Crippen molar-refractivity contribution in [2.45, 2.75) is 26.1 Å². The van der Waals surface area contributed by atoms with Gasteiger partial charge in [-0.25, -0.2) is 0 Å². The van der Waals surface area contributed by atoms with Crippen LogP contribution in [0.5, 0.6) is 5.75 Å². The van der Waals surface area contributed by atoms with Crippen LogP contribution in [0.25, 0.3) is 0 Å². The van der Waals surface area contributed by atoms with Crippen molar-refractivity contribution in [2.24, 2.45) is 5.92 Å². The van der Waals surface area contributed by atoms with Gasteiger partial charge in [-0.15, -0.1) is 0 Å². The zero-order valence-corrected chi connectivity index (χ0v) is 11.3. The lowest BCUT2D eigenvalue weighted by Crippen LogP contribution is -2.19. The smallest absolute Gasteiger partial charge is 0.124 e. The first kappa shape index (κ1) is 13.0. The Labute approximate surface area is 108 Å². The van der Waals surface area contributed by atoms with E-state index in [4.69, 9.17) is 14.2 Å². The number of hydrogen-bond donors (Lipinski definition) is 0. The standard InChI is InChI=1S/C15H20O3/c1-10(2)15-14(17-4)9-13(18-15)11-5-7-12(16-3)8-6-11/h5-10,13,15H,1-4H3/t13-,15-/m1/s1. The van der Waals surface area contributed by atoms with E-state index in [9.17, 15) is 0 Å². The van der Waals surface area contributed by atoms with Crippen molar-refractivity contribution in [3.05, 3.63) is 41.7 Å². The molecule has 0 N–H and O–H groups in total. The molecule has 1 aliphatic rings. The van der Waals surface area contributed by atoms with E-state index in [0.29, 0.717) is 5.92 Å². The van der Waals surface area contributed by atoms with Crippen LogP contribution in [-0.4, -0.2) is 20.3 Å². The number of methoxy groups -OCH3 is 2. The fourth-order valence-corrected chi connectivity index (χ4v) is 2.15. The molecule has 3 nitrogen and oxygen atoms in total. The van der Waals surface area contributed by atoms with Crippen LogP contribution in [0.1, 0.15) is 25.5 Å². The van der Waals surface area contributed by atoms with Crippen molar-refractivity contribution < 1.29 is 14.2 Å². The summed E-state index contributed by atoms with van der Waals surface area (Å²) in [6.45, 7) is 4.27. The molecule has 0 amide bonds. The maximum Gasteiger partial charge on any atom is 0.124 e. The Balaban J connectivity index is 2.17. The second kappa shape index (κ2) is 5.44. The van der Waals surface area contributed by atoms with Gasteiger partial charge in [0.15, 0.2) is 0 Å². The maximum atomic E-state index is 6.03. The third-order valence-electron chi connectivity index (χ3n) is 3.17. The van der Waals surface area contributed by atoms with Crippen LogP contribution < -0.4 is 4.74 Å². The lowest BCUT2D eigenvalue weighted by Gasteiger charge is -2.19. The van der Waals surface area contributed by atoms with E-state index in [1.54, 1.807) is 14.2 Å². The minimum absolute atomic E-state index is 0.0294. The van der Waals surface area contributed by atoms with Gasteiger partial charge in [0.1, 0.15) is 23.7 Å². The maximum absolute atomic E-state index is 6.03. The molecule has 0 saturated heterocycles. The minimum atomic E-state index is -0.0294. The first-order valence-corrected chi connectivity index (χ1v) is 6.20. The molecule has 0 unspecified atom stereocenters. The third kappa shape index (κ3) is 2.51. The van der Waals surface area contributed by atoms with E-state index in [1.807, 2.05) is 30.3 Å². The summed E-state index contributed by atoms with van der Waals surface area (Å²) in [6, 6.07) is 7.94. The average Bonchev–Trinajstić information content (AvgIpc) is 2.83. The van der Waals surface area contributed by atoms with E-state index in [-0.39, 0.29) is 12.2 Å². The van der Waals surface area contributed by atoms with Crippen molar-refractivity contribution in [2.75, 3.05) is 14.2 Å². The third-order valence-corrected chi connectivity index (χ3v) is 3.17. The molecule has 1 aromatic rings. The molecular formula is C15H20O3. The van der Waals surface area contributed by atoms with Crippen molar-refractivity contribution >= 4 is 0 Å². The van der Waals surface area contributed by atoms with Gasteiger partial charge >= 0.3 is 0 Å². The molecule has 1 heterocycles. The number of hydrogen-bond acceptors (Lipinski definition) is 3. The molecular weight excluding hydrogens is 228 g/mol. The Kier molecular flexibility index (Phi) is 3.92. The molecule has 0 saturated carbocycles. The first-order valence-electron chi connectivity index (χ1n) is 6.20. The van der Waals surface area contributed by atoms with Crippen LogP contribution in [0.15, 0.2) is 36.1 Å². The summed E-state index contributed by atoms with van der Waals surface area (Å²) < 4.78 is 16.6. The largest absolute Gasteiger partial charge is 0.499 e. The number of ether oxygens (including phenoxy) is 3. The van der Waals surface area contributed by atoms with Gasteiger partial charge in [0, 0.05) is 0 Å². The Bertz CT molecular complexity index is 420. The summed E-state index contributed by atoms with van der Waals surface area (Å²) in [6.07, 6.45) is 2.06. The zero-order valence-electron chi connectivity index (χ0n) is 11.3. The van der Waals surface area contributed by atoms with Crippen LogP contribution >= 0.6 is 0 Å². The molecule has 1 aromatic carbocycles. The molecule has 0 bridgehead atoms. The lowest BCUT2D eigenvalue weighted by molar-refractivity contribution is 0.00810. The Morgan fingerprint density at radius 1 is 1.06 bits per heavy atom. The summed E-state index contributed by atoms with van der Waals surface area (Å²) in [5, 5.41) is 0. The number of benzene rings is 1. The summed E-state index contributed by atoms with van der Waals surface area (Å²) in [4.78, 5) is 0. The van der Waals surface area contributed by atoms with E-state index < -0.39 is 0 Å². The molecule has 1 aliphatic heterocycles. The van der Waals surface area contributed by atoms with Crippen LogP contribution in [-0.2, 0) is 9.47 Å². The highest BCUT2D eigenvalue weighted by Gasteiger charge is 2.31. The van der Waals surface area contributed by atoms with Gasteiger partial charge < -0.3 is 14.2 Å². The van der Waals surface area contributed by atoms with Crippen molar-refractivity contribution in [3.63, 3.8) is 0 Å².